The van der Waals surface area contributed by atoms with Crippen LogP contribution in [0.5, 0.6) is 0 Å². The van der Waals surface area contributed by atoms with Crippen LogP contribution in [0.4, 0.5) is 5.00 Å². The predicted molar refractivity (Wildman–Crippen MR) is 134 cm³/mol. The van der Waals surface area contributed by atoms with Crippen LogP contribution >= 0.6 is 11.3 Å². The lowest BCUT2D eigenvalue weighted by atomic mass is 10.1. The smallest absolute Gasteiger partial charge is 0.357 e. The highest BCUT2D eigenvalue weighted by atomic mass is 32.1. The van der Waals surface area contributed by atoms with Crippen molar-refractivity contribution >= 4 is 28.2 Å². The van der Waals surface area contributed by atoms with Crippen LogP contribution in [0, 0.1) is 13.8 Å². The monoisotopic (exact) mass is 479 g/mol. The van der Waals surface area contributed by atoms with E-state index in [1.807, 2.05) is 38.1 Å². The lowest BCUT2D eigenvalue weighted by molar-refractivity contribution is 0.0692. The Morgan fingerprint density at radius 1 is 1.00 bits per heavy atom. The Balaban J connectivity index is 1.46. The number of likely N-dealkylation sites (N-methyl/N-ethyl adjacent to an activating group) is 1. The molecule has 1 aliphatic rings. The Labute approximate surface area is 203 Å². The summed E-state index contributed by atoms with van der Waals surface area (Å²) in [5.74, 6) is -1.54. The van der Waals surface area contributed by atoms with Crippen LogP contribution in [0.3, 0.4) is 0 Å². The minimum Gasteiger partial charge on any atom is -0.476 e. The first-order chi connectivity index (χ1) is 16.3. The first-order valence-electron chi connectivity index (χ1n) is 11.4. The molecule has 1 fully saturated rings. The lowest BCUT2D eigenvalue weighted by Gasteiger charge is -2.34. The number of pyridine rings is 1. The topological polar surface area (TPSA) is 98.7 Å². The lowest BCUT2D eigenvalue weighted by Crippen LogP contribution is -2.45. The normalized spacial score (nSPS) is 14.8. The highest BCUT2D eigenvalue weighted by molar-refractivity contribution is 7.19. The van der Waals surface area contributed by atoms with Crippen molar-refractivity contribution in [2.24, 2.45) is 0 Å². The Bertz CT molecular complexity index is 1160. The van der Waals surface area contributed by atoms with Crippen LogP contribution in [0.25, 0.3) is 10.6 Å². The van der Waals surface area contributed by atoms with Gasteiger partial charge in [0.05, 0.1) is 0 Å². The molecule has 178 valence electrons. The van der Waals surface area contributed by atoms with E-state index in [9.17, 15) is 14.7 Å². The van der Waals surface area contributed by atoms with Crippen molar-refractivity contribution in [1.29, 1.82) is 0 Å². The highest BCUT2D eigenvalue weighted by Crippen LogP contribution is 2.33. The van der Waals surface area contributed by atoms with Gasteiger partial charge in [0.25, 0.3) is 5.91 Å². The molecule has 0 atom stereocenters. The number of thiazole rings is 1. The van der Waals surface area contributed by atoms with Gasteiger partial charge in [-0.1, -0.05) is 30.4 Å². The minimum absolute atomic E-state index is 0.164. The number of aryl methyl sites for hydroxylation is 2. The SMILES string of the molecule is CCN1CCN(Cc2ccc(C(=O)Nc3sc(-c4cc(C)nc(C)c4)nc3C(=O)O)cc2)CC1. The van der Waals surface area contributed by atoms with Crippen LogP contribution in [0.15, 0.2) is 36.4 Å². The molecule has 8 nitrogen and oxygen atoms in total. The fourth-order valence-corrected chi connectivity index (χ4v) is 5.03. The third kappa shape index (κ3) is 5.67. The molecular formula is C25H29N5O3S. The van der Waals surface area contributed by atoms with Gasteiger partial charge < -0.3 is 15.3 Å². The molecule has 2 N–H and O–H groups in total. The number of carbonyl (C=O) groups excluding carboxylic acids is 1. The van der Waals surface area contributed by atoms with E-state index in [1.54, 1.807) is 12.1 Å². The molecule has 1 amide bonds. The number of rotatable bonds is 7. The third-order valence-corrected chi connectivity index (χ3v) is 6.94. The summed E-state index contributed by atoms with van der Waals surface area (Å²) in [6.07, 6.45) is 0. The van der Waals surface area contributed by atoms with E-state index in [1.165, 1.54) is 0 Å². The van der Waals surface area contributed by atoms with E-state index < -0.39 is 5.97 Å². The van der Waals surface area contributed by atoms with Gasteiger partial charge in [0, 0.05) is 55.2 Å². The number of carbonyl (C=O) groups is 2. The first kappa shape index (κ1) is 24.0. The average Bonchev–Trinajstić information content (AvgIpc) is 3.23. The summed E-state index contributed by atoms with van der Waals surface area (Å²) >= 11 is 1.15. The number of amides is 1. The fraction of sp³-hybridized carbons (Fsp3) is 0.360. The number of aromatic carboxylic acids is 1. The van der Waals surface area contributed by atoms with E-state index in [0.717, 1.165) is 73.1 Å². The summed E-state index contributed by atoms with van der Waals surface area (Å²) in [4.78, 5) is 38.1. The summed E-state index contributed by atoms with van der Waals surface area (Å²) in [5.41, 5.74) is 3.88. The number of benzene rings is 1. The van der Waals surface area contributed by atoms with Crippen LogP contribution < -0.4 is 5.32 Å². The predicted octanol–water partition coefficient (Wildman–Crippen LogP) is 3.91. The van der Waals surface area contributed by atoms with Crippen molar-refractivity contribution in [3.8, 4) is 10.6 Å². The van der Waals surface area contributed by atoms with Gasteiger partial charge in [-0.15, -0.1) is 0 Å². The van der Waals surface area contributed by atoms with E-state index in [2.05, 4.69) is 32.0 Å². The first-order valence-corrected chi connectivity index (χ1v) is 12.2. The Hall–Kier alpha value is -3.14. The van der Waals surface area contributed by atoms with Gasteiger partial charge in [-0.25, -0.2) is 9.78 Å². The van der Waals surface area contributed by atoms with Gasteiger partial charge in [-0.05, 0) is 50.2 Å². The second kappa shape index (κ2) is 10.4. The number of hydrogen-bond donors (Lipinski definition) is 2. The molecule has 0 aliphatic carbocycles. The zero-order valence-corrected chi connectivity index (χ0v) is 20.5. The summed E-state index contributed by atoms with van der Waals surface area (Å²) in [6.45, 7) is 12.1. The molecule has 0 saturated carbocycles. The van der Waals surface area contributed by atoms with Gasteiger partial charge in [0.2, 0.25) is 0 Å². The van der Waals surface area contributed by atoms with Crippen LogP contribution in [0.1, 0.15) is 44.7 Å². The molecule has 1 saturated heterocycles. The Kier molecular flexibility index (Phi) is 7.35. The van der Waals surface area contributed by atoms with Crippen molar-refractivity contribution in [2.75, 3.05) is 38.0 Å². The molecule has 0 bridgehead atoms. The molecule has 9 heteroatoms. The van der Waals surface area contributed by atoms with Gasteiger partial charge in [0.15, 0.2) is 5.69 Å². The van der Waals surface area contributed by atoms with Crippen molar-refractivity contribution in [3.63, 3.8) is 0 Å². The quantitative estimate of drug-likeness (QED) is 0.530. The molecule has 1 aliphatic heterocycles. The number of carboxylic acid groups (broad SMARTS) is 1. The van der Waals surface area contributed by atoms with Crippen molar-refractivity contribution in [3.05, 3.63) is 64.6 Å². The zero-order valence-electron chi connectivity index (χ0n) is 19.7. The number of piperazine rings is 1. The summed E-state index contributed by atoms with van der Waals surface area (Å²) in [7, 11) is 0. The molecule has 2 aromatic heterocycles. The van der Waals surface area contributed by atoms with E-state index in [4.69, 9.17) is 0 Å². The largest absolute Gasteiger partial charge is 0.476 e. The molecule has 0 unspecified atom stereocenters. The van der Waals surface area contributed by atoms with E-state index in [-0.39, 0.29) is 16.6 Å². The minimum atomic E-state index is -1.18. The summed E-state index contributed by atoms with van der Waals surface area (Å²) in [6, 6.07) is 11.2. The maximum absolute atomic E-state index is 12.9. The number of nitrogens with one attached hydrogen (secondary N) is 1. The van der Waals surface area contributed by atoms with Crippen molar-refractivity contribution in [2.45, 2.75) is 27.3 Å². The van der Waals surface area contributed by atoms with Gasteiger partial charge in [-0.3, -0.25) is 14.7 Å². The number of aromatic nitrogens is 2. The molecule has 4 rings (SSSR count). The number of anilines is 1. The number of nitrogens with zero attached hydrogens (tertiary/aromatic N) is 4. The Morgan fingerprint density at radius 2 is 1.62 bits per heavy atom. The van der Waals surface area contributed by atoms with Crippen molar-refractivity contribution < 1.29 is 14.7 Å². The number of hydrogen-bond acceptors (Lipinski definition) is 7. The number of carboxylic acids is 1. The van der Waals surface area contributed by atoms with Crippen LogP contribution in [-0.4, -0.2) is 69.5 Å². The van der Waals surface area contributed by atoms with E-state index in [0.29, 0.717) is 10.6 Å². The Morgan fingerprint density at radius 3 is 2.21 bits per heavy atom. The van der Waals surface area contributed by atoms with E-state index >= 15 is 0 Å². The van der Waals surface area contributed by atoms with Crippen LogP contribution in [0.2, 0.25) is 0 Å². The van der Waals surface area contributed by atoms with Gasteiger partial charge >= 0.3 is 5.97 Å². The molecule has 3 heterocycles. The summed E-state index contributed by atoms with van der Waals surface area (Å²) in [5, 5.41) is 13.1. The highest BCUT2D eigenvalue weighted by Gasteiger charge is 2.21. The average molecular weight is 480 g/mol. The van der Waals surface area contributed by atoms with Crippen LogP contribution in [-0.2, 0) is 6.54 Å². The van der Waals surface area contributed by atoms with Gasteiger partial charge in [-0.2, -0.15) is 0 Å². The van der Waals surface area contributed by atoms with Crippen molar-refractivity contribution in [1.82, 2.24) is 19.8 Å². The maximum atomic E-state index is 12.9. The summed E-state index contributed by atoms with van der Waals surface area (Å²) < 4.78 is 0. The molecule has 0 radical (unpaired) electrons. The molecule has 0 spiro atoms. The molecule has 34 heavy (non-hydrogen) atoms. The second-order valence-corrected chi connectivity index (χ2v) is 9.50. The third-order valence-electron chi connectivity index (χ3n) is 5.92. The maximum Gasteiger partial charge on any atom is 0.357 e. The molecule has 1 aromatic carbocycles. The zero-order chi connectivity index (χ0) is 24.2. The second-order valence-electron chi connectivity index (χ2n) is 8.50. The van der Waals surface area contributed by atoms with Gasteiger partial charge in [0.1, 0.15) is 10.0 Å². The molecular weight excluding hydrogens is 450 g/mol. The fourth-order valence-electron chi connectivity index (χ4n) is 4.09. The molecule has 3 aromatic rings. The standard InChI is InChI=1S/C25H29N5O3S/c1-4-29-9-11-30(12-10-29)15-18-5-7-19(8-6-18)22(31)28-24-21(25(32)33)27-23(34-24)20-13-16(2)26-17(3)14-20/h5-8,13-14H,4,9-12,15H2,1-3H3,(H,28,31)(H,32,33).